The Kier molecular flexibility index (Phi) is 4.54. The van der Waals surface area contributed by atoms with Gasteiger partial charge in [-0.1, -0.05) is 25.7 Å². The highest BCUT2D eigenvalue weighted by molar-refractivity contribution is 5.48. The molecule has 2 aliphatic rings. The molecule has 1 heterocycles. The van der Waals surface area contributed by atoms with Gasteiger partial charge in [-0.05, 0) is 45.4 Å². The number of nitrogens with zero attached hydrogens (tertiary/aromatic N) is 2. The Hall–Kier alpha value is -1.12. The first kappa shape index (κ1) is 13.8. The van der Waals surface area contributed by atoms with Gasteiger partial charge in [-0.3, -0.25) is 0 Å². The van der Waals surface area contributed by atoms with Crippen molar-refractivity contribution >= 4 is 5.82 Å². The number of fused-ring (bicyclic) bond motifs is 1. The first-order valence-electron chi connectivity index (χ1n) is 8.52. The van der Waals surface area contributed by atoms with Crippen molar-refractivity contribution in [3.05, 3.63) is 17.1 Å². The molecule has 0 aromatic carbocycles. The standard InChI is InChI=1S/C17H27N3/c1-2-18-17-14-11-7-8-12-15(14)19-16(20-17)13-9-5-3-4-6-10-13/h13H,2-12H2,1H3,(H,18,19,20). The summed E-state index contributed by atoms with van der Waals surface area (Å²) in [6, 6.07) is 0. The molecule has 1 N–H and O–H groups in total. The minimum atomic E-state index is 0.599. The number of nitrogens with one attached hydrogen (secondary N) is 1. The lowest BCUT2D eigenvalue weighted by Gasteiger charge is -2.22. The van der Waals surface area contributed by atoms with Gasteiger partial charge in [0.05, 0.1) is 0 Å². The van der Waals surface area contributed by atoms with Crippen LogP contribution in [-0.2, 0) is 12.8 Å². The Balaban J connectivity index is 1.91. The van der Waals surface area contributed by atoms with Crippen molar-refractivity contribution in [2.45, 2.75) is 77.0 Å². The lowest BCUT2D eigenvalue weighted by Crippen LogP contribution is -2.16. The van der Waals surface area contributed by atoms with E-state index in [0.29, 0.717) is 5.92 Å². The summed E-state index contributed by atoms with van der Waals surface area (Å²) in [6.45, 7) is 3.11. The van der Waals surface area contributed by atoms with Crippen molar-refractivity contribution in [1.82, 2.24) is 9.97 Å². The van der Waals surface area contributed by atoms with Crippen molar-refractivity contribution in [2.24, 2.45) is 0 Å². The van der Waals surface area contributed by atoms with Gasteiger partial charge in [0.15, 0.2) is 0 Å². The van der Waals surface area contributed by atoms with E-state index < -0.39 is 0 Å². The number of hydrogen-bond donors (Lipinski definition) is 1. The number of anilines is 1. The van der Waals surface area contributed by atoms with Crippen molar-refractivity contribution < 1.29 is 0 Å². The maximum Gasteiger partial charge on any atom is 0.134 e. The predicted molar refractivity (Wildman–Crippen MR) is 83.3 cm³/mol. The highest BCUT2D eigenvalue weighted by Gasteiger charge is 2.22. The molecule has 3 nitrogen and oxygen atoms in total. The van der Waals surface area contributed by atoms with Crippen molar-refractivity contribution in [1.29, 1.82) is 0 Å². The van der Waals surface area contributed by atoms with E-state index in [1.807, 2.05) is 0 Å². The minimum Gasteiger partial charge on any atom is -0.370 e. The third-order valence-corrected chi connectivity index (χ3v) is 4.76. The van der Waals surface area contributed by atoms with Crippen molar-refractivity contribution in [2.75, 3.05) is 11.9 Å². The molecule has 0 bridgehead atoms. The molecule has 0 spiro atoms. The van der Waals surface area contributed by atoms with Gasteiger partial charge in [0.25, 0.3) is 0 Å². The SMILES string of the molecule is CCNc1nc(C2CCCCCC2)nc2c1CCCC2. The zero-order valence-electron chi connectivity index (χ0n) is 12.7. The van der Waals surface area contributed by atoms with Crippen LogP contribution in [-0.4, -0.2) is 16.5 Å². The summed E-state index contributed by atoms with van der Waals surface area (Å²) in [5.74, 6) is 2.86. The zero-order chi connectivity index (χ0) is 13.8. The molecule has 0 unspecified atom stereocenters. The molecule has 0 saturated heterocycles. The van der Waals surface area contributed by atoms with Crippen LogP contribution in [0.15, 0.2) is 0 Å². The largest absolute Gasteiger partial charge is 0.370 e. The molecule has 1 aromatic rings. The summed E-state index contributed by atoms with van der Waals surface area (Å²) in [4.78, 5) is 9.89. The third kappa shape index (κ3) is 2.97. The van der Waals surface area contributed by atoms with Gasteiger partial charge in [0, 0.05) is 23.7 Å². The fourth-order valence-corrected chi connectivity index (χ4v) is 3.65. The van der Waals surface area contributed by atoms with Crippen LogP contribution in [0.4, 0.5) is 5.82 Å². The zero-order valence-corrected chi connectivity index (χ0v) is 12.7. The van der Waals surface area contributed by atoms with E-state index in [1.165, 1.54) is 62.6 Å². The quantitative estimate of drug-likeness (QED) is 0.838. The van der Waals surface area contributed by atoms with Crippen LogP contribution in [0.2, 0.25) is 0 Å². The molecule has 1 fully saturated rings. The molecule has 2 aliphatic carbocycles. The van der Waals surface area contributed by atoms with E-state index >= 15 is 0 Å². The van der Waals surface area contributed by atoms with E-state index in [2.05, 4.69) is 12.2 Å². The second kappa shape index (κ2) is 6.55. The van der Waals surface area contributed by atoms with Crippen LogP contribution in [0.1, 0.15) is 81.3 Å². The number of aryl methyl sites for hydroxylation is 1. The van der Waals surface area contributed by atoms with E-state index in [9.17, 15) is 0 Å². The van der Waals surface area contributed by atoms with Gasteiger partial charge in [-0.15, -0.1) is 0 Å². The first-order valence-corrected chi connectivity index (χ1v) is 8.52. The highest BCUT2D eigenvalue weighted by atomic mass is 15.0. The normalized spacial score (nSPS) is 20.2. The lowest BCUT2D eigenvalue weighted by molar-refractivity contribution is 0.550. The summed E-state index contributed by atoms with van der Waals surface area (Å²) in [5.41, 5.74) is 2.73. The molecular formula is C17H27N3. The fraction of sp³-hybridized carbons (Fsp3) is 0.765. The molecule has 3 rings (SSSR count). The van der Waals surface area contributed by atoms with Crippen LogP contribution in [0.5, 0.6) is 0 Å². The molecule has 0 amide bonds. The van der Waals surface area contributed by atoms with Crippen LogP contribution in [0, 0.1) is 0 Å². The second-order valence-electron chi connectivity index (χ2n) is 6.28. The van der Waals surface area contributed by atoms with Crippen LogP contribution >= 0.6 is 0 Å². The minimum absolute atomic E-state index is 0.599. The smallest absolute Gasteiger partial charge is 0.134 e. The topological polar surface area (TPSA) is 37.8 Å². The van der Waals surface area contributed by atoms with Crippen molar-refractivity contribution in [3.63, 3.8) is 0 Å². The number of hydrogen-bond acceptors (Lipinski definition) is 3. The molecule has 3 heteroatoms. The Morgan fingerprint density at radius 2 is 1.70 bits per heavy atom. The lowest BCUT2D eigenvalue weighted by atomic mass is 9.94. The van der Waals surface area contributed by atoms with Gasteiger partial charge in [0.1, 0.15) is 11.6 Å². The van der Waals surface area contributed by atoms with Gasteiger partial charge >= 0.3 is 0 Å². The van der Waals surface area contributed by atoms with E-state index in [-0.39, 0.29) is 0 Å². The van der Waals surface area contributed by atoms with E-state index in [1.54, 1.807) is 0 Å². The summed E-state index contributed by atoms with van der Waals surface area (Å²) in [6.07, 6.45) is 12.9. The molecule has 20 heavy (non-hydrogen) atoms. The predicted octanol–water partition coefficient (Wildman–Crippen LogP) is 4.23. The average Bonchev–Trinajstić information content (AvgIpc) is 2.76. The second-order valence-corrected chi connectivity index (χ2v) is 6.28. The average molecular weight is 273 g/mol. The van der Waals surface area contributed by atoms with Crippen molar-refractivity contribution in [3.8, 4) is 0 Å². The highest BCUT2D eigenvalue weighted by Crippen LogP contribution is 2.33. The third-order valence-electron chi connectivity index (χ3n) is 4.76. The number of aromatic nitrogens is 2. The van der Waals surface area contributed by atoms with Gasteiger partial charge in [-0.25, -0.2) is 9.97 Å². The Labute approximate surface area is 122 Å². The Bertz CT molecular complexity index is 448. The van der Waals surface area contributed by atoms with Gasteiger partial charge in [0.2, 0.25) is 0 Å². The Morgan fingerprint density at radius 3 is 2.45 bits per heavy atom. The molecule has 1 aromatic heterocycles. The van der Waals surface area contributed by atoms with Crippen LogP contribution < -0.4 is 5.32 Å². The van der Waals surface area contributed by atoms with Gasteiger partial charge in [-0.2, -0.15) is 0 Å². The van der Waals surface area contributed by atoms with E-state index in [0.717, 1.165) is 31.0 Å². The molecule has 0 atom stereocenters. The molecule has 110 valence electrons. The summed E-state index contributed by atoms with van der Waals surface area (Å²) in [7, 11) is 0. The molecular weight excluding hydrogens is 246 g/mol. The Morgan fingerprint density at radius 1 is 0.950 bits per heavy atom. The molecule has 0 aliphatic heterocycles. The van der Waals surface area contributed by atoms with E-state index in [4.69, 9.17) is 9.97 Å². The maximum atomic E-state index is 4.97. The van der Waals surface area contributed by atoms with Crippen LogP contribution in [0.25, 0.3) is 0 Å². The summed E-state index contributed by atoms with van der Waals surface area (Å²) < 4.78 is 0. The van der Waals surface area contributed by atoms with Crippen LogP contribution in [0.3, 0.4) is 0 Å². The fourth-order valence-electron chi connectivity index (χ4n) is 3.65. The number of rotatable bonds is 3. The van der Waals surface area contributed by atoms with Gasteiger partial charge < -0.3 is 5.32 Å². The summed E-state index contributed by atoms with van der Waals surface area (Å²) >= 11 is 0. The maximum absolute atomic E-state index is 4.97. The molecule has 0 radical (unpaired) electrons. The monoisotopic (exact) mass is 273 g/mol. The summed E-state index contributed by atoms with van der Waals surface area (Å²) in [5, 5.41) is 3.48. The first-order chi connectivity index (χ1) is 9.88. The molecule has 1 saturated carbocycles.